The molecule has 0 N–H and O–H groups in total. The summed E-state index contributed by atoms with van der Waals surface area (Å²) in [4.78, 5) is 3.78. The maximum Gasteiger partial charge on any atom is 0.416 e. The Labute approximate surface area is 111 Å². The zero-order valence-electron chi connectivity index (χ0n) is 8.80. The summed E-state index contributed by atoms with van der Waals surface area (Å²) in [5.41, 5.74) is 0.394. The van der Waals surface area contributed by atoms with E-state index in [1.54, 1.807) is 6.07 Å². The van der Waals surface area contributed by atoms with E-state index in [-0.39, 0.29) is 10.2 Å². The first-order chi connectivity index (χ1) is 8.39. The lowest BCUT2D eigenvalue weighted by atomic mass is 10.1. The molecular formula is C12H6Cl2F3N. The first-order valence-corrected chi connectivity index (χ1v) is 5.63. The molecule has 0 aliphatic rings. The van der Waals surface area contributed by atoms with Crippen molar-refractivity contribution >= 4 is 23.2 Å². The Morgan fingerprint density at radius 2 is 1.56 bits per heavy atom. The summed E-state index contributed by atoms with van der Waals surface area (Å²) in [5, 5.41) is 0.341. The van der Waals surface area contributed by atoms with E-state index in [1.807, 2.05) is 0 Å². The number of hydrogen-bond donors (Lipinski definition) is 0. The van der Waals surface area contributed by atoms with Gasteiger partial charge < -0.3 is 0 Å². The number of alkyl halides is 3. The van der Waals surface area contributed by atoms with E-state index in [0.717, 1.165) is 12.1 Å². The van der Waals surface area contributed by atoms with Crippen molar-refractivity contribution in [3.63, 3.8) is 0 Å². The Morgan fingerprint density at radius 1 is 0.944 bits per heavy atom. The maximum atomic E-state index is 12.4. The van der Waals surface area contributed by atoms with Crippen LogP contribution in [-0.2, 0) is 6.18 Å². The molecule has 1 aromatic carbocycles. The smallest absolute Gasteiger partial charge is 0.243 e. The van der Waals surface area contributed by atoms with Crippen molar-refractivity contribution in [2.45, 2.75) is 6.18 Å². The molecule has 1 heterocycles. The largest absolute Gasteiger partial charge is 0.416 e. The van der Waals surface area contributed by atoms with Crippen LogP contribution in [-0.4, -0.2) is 4.98 Å². The second-order valence-electron chi connectivity index (χ2n) is 3.54. The van der Waals surface area contributed by atoms with Gasteiger partial charge in [0, 0.05) is 11.8 Å². The van der Waals surface area contributed by atoms with Gasteiger partial charge in [0.1, 0.15) is 5.15 Å². The van der Waals surface area contributed by atoms with Crippen LogP contribution in [0, 0.1) is 0 Å². The number of rotatable bonds is 1. The minimum absolute atomic E-state index is 0.120. The van der Waals surface area contributed by atoms with Crippen molar-refractivity contribution in [1.82, 2.24) is 4.98 Å². The summed E-state index contributed by atoms with van der Waals surface area (Å²) in [6.07, 6.45) is -2.90. The zero-order chi connectivity index (χ0) is 13.3. The van der Waals surface area contributed by atoms with Crippen molar-refractivity contribution in [2.24, 2.45) is 0 Å². The third-order valence-corrected chi connectivity index (χ3v) is 3.14. The molecule has 0 amide bonds. The average Bonchev–Trinajstić information content (AvgIpc) is 2.32. The molecule has 0 radical (unpaired) electrons. The summed E-state index contributed by atoms with van der Waals surface area (Å²) in [7, 11) is 0. The topological polar surface area (TPSA) is 12.9 Å². The van der Waals surface area contributed by atoms with Gasteiger partial charge in [0.2, 0.25) is 0 Å². The van der Waals surface area contributed by atoms with Gasteiger partial charge in [-0.2, -0.15) is 13.2 Å². The molecule has 0 bridgehead atoms. The van der Waals surface area contributed by atoms with Gasteiger partial charge in [-0.25, -0.2) is 4.98 Å². The Kier molecular flexibility index (Phi) is 3.50. The monoisotopic (exact) mass is 291 g/mol. The fourth-order valence-electron chi connectivity index (χ4n) is 1.48. The molecule has 1 aromatic heterocycles. The molecule has 1 nitrogen and oxygen atoms in total. The molecule has 2 rings (SSSR count). The van der Waals surface area contributed by atoms with Crippen molar-refractivity contribution < 1.29 is 13.2 Å². The lowest BCUT2D eigenvalue weighted by Gasteiger charge is -2.09. The van der Waals surface area contributed by atoms with Crippen molar-refractivity contribution in [3.05, 3.63) is 52.3 Å². The van der Waals surface area contributed by atoms with Gasteiger partial charge in [0.15, 0.2) is 0 Å². The molecule has 0 aliphatic heterocycles. The van der Waals surface area contributed by atoms with E-state index in [0.29, 0.717) is 11.1 Å². The predicted octanol–water partition coefficient (Wildman–Crippen LogP) is 5.07. The Balaban J connectivity index is 2.44. The van der Waals surface area contributed by atoms with E-state index >= 15 is 0 Å². The third kappa shape index (κ3) is 2.60. The van der Waals surface area contributed by atoms with Crippen LogP contribution in [0.25, 0.3) is 11.1 Å². The SMILES string of the molecule is FC(F)(F)c1ccc(-c2ccnc(Cl)c2Cl)cc1. The quantitative estimate of drug-likeness (QED) is 0.668. The second-order valence-corrected chi connectivity index (χ2v) is 4.27. The van der Waals surface area contributed by atoms with E-state index in [2.05, 4.69) is 4.98 Å². The van der Waals surface area contributed by atoms with Crippen LogP contribution in [0.2, 0.25) is 10.2 Å². The summed E-state index contributed by atoms with van der Waals surface area (Å²) in [6, 6.07) is 6.29. The van der Waals surface area contributed by atoms with Gasteiger partial charge in [0.05, 0.1) is 10.6 Å². The fraction of sp³-hybridized carbons (Fsp3) is 0.0833. The van der Waals surface area contributed by atoms with Crippen LogP contribution in [0.3, 0.4) is 0 Å². The van der Waals surface area contributed by atoms with Gasteiger partial charge in [-0.1, -0.05) is 35.3 Å². The molecule has 94 valence electrons. The molecule has 0 atom stereocenters. The van der Waals surface area contributed by atoms with Crippen LogP contribution in [0.15, 0.2) is 36.5 Å². The standard InChI is InChI=1S/C12H6Cl2F3N/c13-10-9(5-6-18-11(10)14)7-1-3-8(4-2-7)12(15,16)17/h1-6H. The minimum atomic E-state index is -4.35. The van der Waals surface area contributed by atoms with E-state index in [4.69, 9.17) is 23.2 Å². The van der Waals surface area contributed by atoms with Crippen molar-refractivity contribution in [1.29, 1.82) is 0 Å². The average molecular weight is 292 g/mol. The van der Waals surface area contributed by atoms with Crippen LogP contribution in [0.5, 0.6) is 0 Å². The molecule has 0 aliphatic carbocycles. The molecular weight excluding hydrogens is 286 g/mol. The zero-order valence-corrected chi connectivity index (χ0v) is 10.3. The van der Waals surface area contributed by atoms with Crippen molar-refractivity contribution in [3.8, 4) is 11.1 Å². The van der Waals surface area contributed by atoms with E-state index in [9.17, 15) is 13.2 Å². The van der Waals surface area contributed by atoms with Crippen LogP contribution >= 0.6 is 23.2 Å². The normalized spacial score (nSPS) is 11.6. The summed E-state index contributed by atoms with van der Waals surface area (Å²) >= 11 is 11.7. The molecule has 2 aromatic rings. The molecule has 18 heavy (non-hydrogen) atoms. The Hall–Kier alpha value is -1.26. The maximum absolute atomic E-state index is 12.4. The first-order valence-electron chi connectivity index (χ1n) is 4.87. The summed E-state index contributed by atoms with van der Waals surface area (Å²) in [5.74, 6) is 0. The van der Waals surface area contributed by atoms with Crippen LogP contribution < -0.4 is 0 Å². The number of aromatic nitrogens is 1. The fourth-order valence-corrected chi connectivity index (χ4v) is 1.86. The third-order valence-electron chi connectivity index (χ3n) is 2.37. The van der Waals surface area contributed by atoms with Gasteiger partial charge >= 0.3 is 6.18 Å². The van der Waals surface area contributed by atoms with Gasteiger partial charge in [-0.3, -0.25) is 0 Å². The Bertz CT molecular complexity index is 565. The number of nitrogens with zero attached hydrogens (tertiary/aromatic N) is 1. The van der Waals surface area contributed by atoms with Gasteiger partial charge in [-0.15, -0.1) is 0 Å². The summed E-state index contributed by atoms with van der Waals surface area (Å²) in [6.45, 7) is 0. The van der Waals surface area contributed by atoms with Crippen LogP contribution in [0.1, 0.15) is 5.56 Å². The number of benzene rings is 1. The molecule has 0 fully saturated rings. The predicted molar refractivity (Wildman–Crippen MR) is 64.7 cm³/mol. The Morgan fingerprint density at radius 3 is 2.11 bits per heavy atom. The highest BCUT2D eigenvalue weighted by Crippen LogP contribution is 2.34. The van der Waals surface area contributed by atoms with Gasteiger partial charge in [0.25, 0.3) is 0 Å². The lowest BCUT2D eigenvalue weighted by molar-refractivity contribution is -0.137. The highest BCUT2D eigenvalue weighted by molar-refractivity contribution is 6.42. The molecule has 0 spiro atoms. The van der Waals surface area contributed by atoms with Crippen molar-refractivity contribution in [2.75, 3.05) is 0 Å². The first kappa shape index (κ1) is 13.2. The summed E-state index contributed by atoms with van der Waals surface area (Å²) < 4.78 is 37.2. The molecule has 0 saturated heterocycles. The number of pyridine rings is 1. The number of halogens is 5. The molecule has 0 saturated carbocycles. The highest BCUT2D eigenvalue weighted by Gasteiger charge is 2.30. The number of hydrogen-bond acceptors (Lipinski definition) is 1. The lowest BCUT2D eigenvalue weighted by Crippen LogP contribution is -2.04. The van der Waals surface area contributed by atoms with Crippen LogP contribution in [0.4, 0.5) is 13.2 Å². The van der Waals surface area contributed by atoms with Gasteiger partial charge in [-0.05, 0) is 23.8 Å². The molecule has 0 unspecified atom stereocenters. The minimum Gasteiger partial charge on any atom is -0.243 e. The van der Waals surface area contributed by atoms with E-state index in [1.165, 1.54) is 18.3 Å². The van der Waals surface area contributed by atoms with E-state index < -0.39 is 11.7 Å². The molecule has 6 heteroatoms. The highest BCUT2D eigenvalue weighted by atomic mass is 35.5. The second kappa shape index (κ2) is 4.78.